The summed E-state index contributed by atoms with van der Waals surface area (Å²) in [7, 11) is 0. The first-order chi connectivity index (χ1) is 9.70. The summed E-state index contributed by atoms with van der Waals surface area (Å²) < 4.78 is 39.5. The number of hydrogen-bond acceptors (Lipinski definition) is 2. The second-order valence-corrected chi connectivity index (χ2v) is 5.39. The molecule has 0 fully saturated rings. The van der Waals surface area contributed by atoms with Gasteiger partial charge in [0.15, 0.2) is 0 Å². The smallest absolute Gasteiger partial charge is 0.397 e. The lowest BCUT2D eigenvalue weighted by Crippen LogP contribution is -2.37. The fraction of sp³-hybridized carbons (Fsp3) is 0.500. The van der Waals surface area contributed by atoms with E-state index < -0.39 is 11.7 Å². The Bertz CT molecular complexity index is 573. The number of anilines is 1. The van der Waals surface area contributed by atoms with Gasteiger partial charge >= 0.3 is 6.18 Å². The quantitative estimate of drug-likeness (QED) is 0.854. The minimum Gasteiger partial charge on any atom is -0.397 e. The molecule has 0 spiro atoms. The third-order valence-corrected chi connectivity index (χ3v) is 3.51. The van der Waals surface area contributed by atoms with Crippen molar-refractivity contribution in [3.8, 4) is 0 Å². The Kier molecular flexibility index (Phi) is 4.02. The van der Waals surface area contributed by atoms with Crippen LogP contribution in [0.4, 0.5) is 18.9 Å². The molecule has 0 bridgehead atoms. The molecule has 1 aliphatic heterocycles. The Balaban J connectivity index is 2.18. The average molecular weight is 301 g/mol. The van der Waals surface area contributed by atoms with Crippen molar-refractivity contribution in [2.75, 3.05) is 18.8 Å². The summed E-state index contributed by atoms with van der Waals surface area (Å²) >= 11 is 0. The van der Waals surface area contributed by atoms with E-state index in [9.17, 15) is 18.0 Å². The van der Waals surface area contributed by atoms with Gasteiger partial charge < -0.3 is 15.2 Å². The highest BCUT2D eigenvalue weighted by Gasteiger charge is 2.35. The first-order valence-electron chi connectivity index (χ1n) is 6.73. The first kappa shape index (κ1) is 15.5. The van der Waals surface area contributed by atoms with E-state index in [4.69, 9.17) is 5.73 Å². The lowest BCUT2D eigenvalue weighted by molar-refractivity contribution is -0.0957. The highest BCUT2D eigenvalue weighted by molar-refractivity contribution is 5.94. The van der Waals surface area contributed by atoms with Crippen molar-refractivity contribution in [2.45, 2.75) is 32.5 Å². The molecule has 0 unspecified atom stereocenters. The molecule has 0 aromatic carbocycles. The highest BCUT2D eigenvalue weighted by Crippen LogP contribution is 2.30. The Morgan fingerprint density at radius 1 is 1.38 bits per heavy atom. The summed E-state index contributed by atoms with van der Waals surface area (Å²) in [5, 5.41) is 0. The van der Waals surface area contributed by atoms with Gasteiger partial charge in [-0.15, -0.1) is 0 Å². The zero-order valence-electron chi connectivity index (χ0n) is 11.9. The molecule has 1 aromatic heterocycles. The van der Waals surface area contributed by atoms with Crippen LogP contribution in [0, 0.1) is 0 Å². The van der Waals surface area contributed by atoms with Crippen LogP contribution in [-0.4, -0.2) is 34.6 Å². The molecule has 2 N–H and O–H groups in total. The minimum absolute atomic E-state index is 0.0309. The van der Waals surface area contributed by atoms with Gasteiger partial charge in [-0.2, -0.15) is 13.2 Å². The minimum atomic E-state index is -4.31. The molecule has 0 radical (unpaired) electrons. The molecule has 2 rings (SSSR count). The van der Waals surface area contributed by atoms with Crippen LogP contribution in [0.3, 0.4) is 0 Å². The van der Waals surface area contributed by atoms with Gasteiger partial charge in [-0.05, 0) is 26.3 Å². The van der Waals surface area contributed by atoms with Gasteiger partial charge in [0.2, 0.25) is 0 Å². The van der Waals surface area contributed by atoms with Crippen molar-refractivity contribution in [1.29, 1.82) is 0 Å². The number of hydrogen-bond donors (Lipinski definition) is 1. The maximum atomic E-state index is 12.6. The van der Waals surface area contributed by atoms with E-state index in [1.807, 2.05) is 13.8 Å². The van der Waals surface area contributed by atoms with E-state index in [2.05, 4.69) is 0 Å². The van der Waals surface area contributed by atoms with Crippen LogP contribution < -0.4 is 5.73 Å². The molecule has 0 saturated heterocycles. The molecule has 0 atom stereocenters. The maximum absolute atomic E-state index is 12.6. The van der Waals surface area contributed by atoms with Crippen LogP contribution in [-0.2, 0) is 0 Å². The number of amides is 1. The standard InChI is InChI=1S/C14H18F3N3O/c1-9(2)20-8-11(18)7-12(20)13(21)19-5-3-10(4-6-19)14(15,16)17/h3,7-9H,4-6,18H2,1-2H3. The van der Waals surface area contributed by atoms with Crippen LogP contribution >= 0.6 is 0 Å². The highest BCUT2D eigenvalue weighted by atomic mass is 19.4. The second-order valence-electron chi connectivity index (χ2n) is 5.39. The molecule has 0 aliphatic carbocycles. The predicted octanol–water partition coefficient (Wildman–Crippen LogP) is 2.99. The molecule has 0 saturated carbocycles. The molecule has 4 nitrogen and oxygen atoms in total. The molecule has 1 aliphatic rings. The zero-order valence-corrected chi connectivity index (χ0v) is 11.9. The monoisotopic (exact) mass is 301 g/mol. The molecular weight excluding hydrogens is 283 g/mol. The normalized spacial score (nSPS) is 16.3. The molecule has 116 valence electrons. The van der Waals surface area contributed by atoms with E-state index in [-0.39, 0.29) is 31.5 Å². The Morgan fingerprint density at radius 2 is 2.05 bits per heavy atom. The number of carbonyl (C=O) groups excluding carboxylic acids is 1. The van der Waals surface area contributed by atoms with E-state index >= 15 is 0 Å². The summed E-state index contributed by atoms with van der Waals surface area (Å²) in [6.07, 6.45) is -1.74. The number of nitrogens with two attached hydrogens (primary N) is 1. The number of alkyl halides is 3. The average Bonchev–Trinajstić information content (AvgIpc) is 2.79. The third kappa shape index (κ3) is 3.22. The van der Waals surface area contributed by atoms with Gasteiger partial charge in [0.1, 0.15) is 5.69 Å². The van der Waals surface area contributed by atoms with Gasteiger partial charge in [0.25, 0.3) is 5.91 Å². The maximum Gasteiger partial charge on any atom is 0.412 e. The van der Waals surface area contributed by atoms with Gasteiger partial charge in [-0.25, -0.2) is 0 Å². The lowest BCUT2D eigenvalue weighted by Gasteiger charge is -2.28. The first-order valence-corrected chi connectivity index (χ1v) is 6.73. The predicted molar refractivity (Wildman–Crippen MR) is 73.9 cm³/mol. The lowest BCUT2D eigenvalue weighted by atomic mass is 10.1. The van der Waals surface area contributed by atoms with Gasteiger partial charge in [-0.3, -0.25) is 4.79 Å². The van der Waals surface area contributed by atoms with Crippen LogP contribution in [0.2, 0.25) is 0 Å². The molecule has 7 heteroatoms. The topological polar surface area (TPSA) is 51.3 Å². The molecule has 1 aromatic rings. The van der Waals surface area contributed by atoms with Crippen LogP contribution in [0.1, 0.15) is 36.8 Å². The summed E-state index contributed by atoms with van der Waals surface area (Å²) in [4.78, 5) is 13.8. The summed E-state index contributed by atoms with van der Waals surface area (Å²) in [6.45, 7) is 3.85. The third-order valence-electron chi connectivity index (χ3n) is 3.51. The summed E-state index contributed by atoms with van der Waals surface area (Å²) in [5.41, 5.74) is 6.02. The fourth-order valence-electron chi connectivity index (χ4n) is 2.37. The number of carbonyl (C=O) groups is 1. The van der Waals surface area contributed by atoms with E-state index in [0.717, 1.165) is 6.08 Å². The van der Waals surface area contributed by atoms with Crippen molar-refractivity contribution < 1.29 is 18.0 Å². The number of rotatable bonds is 2. The summed E-state index contributed by atoms with van der Waals surface area (Å²) in [6, 6.07) is 1.61. The Morgan fingerprint density at radius 3 is 2.52 bits per heavy atom. The van der Waals surface area contributed by atoms with Gasteiger partial charge in [0, 0.05) is 30.9 Å². The molecule has 1 amide bonds. The summed E-state index contributed by atoms with van der Waals surface area (Å²) in [5.74, 6) is -0.294. The van der Waals surface area contributed by atoms with Gasteiger partial charge in [0.05, 0.1) is 5.69 Å². The van der Waals surface area contributed by atoms with E-state index in [0.29, 0.717) is 11.4 Å². The van der Waals surface area contributed by atoms with Crippen molar-refractivity contribution in [3.05, 3.63) is 29.6 Å². The van der Waals surface area contributed by atoms with Crippen molar-refractivity contribution >= 4 is 11.6 Å². The van der Waals surface area contributed by atoms with Crippen molar-refractivity contribution in [2.24, 2.45) is 0 Å². The molecular formula is C14H18F3N3O. The van der Waals surface area contributed by atoms with Crippen LogP contribution in [0.25, 0.3) is 0 Å². The number of nitrogen functional groups attached to an aromatic ring is 1. The van der Waals surface area contributed by atoms with E-state index in [1.54, 1.807) is 16.8 Å². The van der Waals surface area contributed by atoms with Crippen LogP contribution in [0.15, 0.2) is 23.9 Å². The van der Waals surface area contributed by atoms with Crippen LogP contribution in [0.5, 0.6) is 0 Å². The fourth-order valence-corrected chi connectivity index (χ4v) is 2.37. The number of aromatic nitrogens is 1. The van der Waals surface area contributed by atoms with E-state index in [1.165, 1.54) is 4.90 Å². The molecule has 2 heterocycles. The van der Waals surface area contributed by atoms with Crippen molar-refractivity contribution in [1.82, 2.24) is 9.47 Å². The SMILES string of the molecule is CC(C)n1cc(N)cc1C(=O)N1CC=C(C(F)(F)F)CC1. The largest absolute Gasteiger partial charge is 0.412 e. The second kappa shape index (κ2) is 5.46. The van der Waals surface area contributed by atoms with Gasteiger partial charge in [-0.1, -0.05) is 6.08 Å². The van der Waals surface area contributed by atoms with Crippen molar-refractivity contribution in [3.63, 3.8) is 0 Å². The Hall–Kier alpha value is -1.92. The zero-order chi connectivity index (χ0) is 15.8. The molecule has 21 heavy (non-hydrogen) atoms. The number of halogens is 3. The number of nitrogens with zero attached hydrogens (tertiary/aromatic N) is 2. The Labute approximate surface area is 121 Å².